The third kappa shape index (κ3) is 8.61. The molecule has 3 aliphatic heterocycles. The SMILES string of the molecule is CCC(CC)[C@@H](C(=O)N1CCC[C@H]1C1=NC=C(c2ccc(-c3ccc(-c4cnc([C@@H]5CCCN5C(=O)C5CCC(N(CC)CC)CC5)[nH]4)cc3)cc2)C1)c1ccccc1. The Labute approximate surface area is 352 Å². The number of H-pyrrole nitrogens is 1. The van der Waals surface area contributed by atoms with Gasteiger partial charge in [-0.15, -0.1) is 0 Å². The molecule has 8 rings (SSSR count). The van der Waals surface area contributed by atoms with Crippen LogP contribution in [0.1, 0.15) is 127 Å². The molecule has 0 unspecified atom stereocenters. The fraction of sp³-hybridized carbons (Fsp3) is 0.490. The molecule has 4 aromatic rings. The summed E-state index contributed by atoms with van der Waals surface area (Å²) in [6.45, 7) is 12.7. The second-order valence-corrected chi connectivity index (χ2v) is 17.4. The van der Waals surface area contributed by atoms with E-state index in [4.69, 9.17) is 9.98 Å². The van der Waals surface area contributed by atoms with Gasteiger partial charge in [-0.25, -0.2) is 4.98 Å². The normalized spacial score (nSPS) is 22.6. The van der Waals surface area contributed by atoms with E-state index in [1.807, 2.05) is 18.5 Å². The van der Waals surface area contributed by atoms with Crippen LogP contribution in [0.4, 0.5) is 0 Å². The number of nitrogens with one attached hydrogen (secondary N) is 1. The molecule has 8 heteroatoms. The molecule has 0 radical (unpaired) electrons. The Hall–Kier alpha value is -4.82. The maximum atomic E-state index is 14.3. The highest BCUT2D eigenvalue weighted by atomic mass is 16.2. The molecule has 1 aromatic heterocycles. The number of allylic oxidation sites excluding steroid dienone is 1. The van der Waals surface area contributed by atoms with Crippen LogP contribution in [0, 0.1) is 11.8 Å². The van der Waals surface area contributed by atoms with Gasteiger partial charge in [0, 0.05) is 43.4 Å². The Morgan fingerprint density at radius 2 is 1.34 bits per heavy atom. The maximum absolute atomic E-state index is 14.3. The van der Waals surface area contributed by atoms with E-state index in [1.165, 1.54) is 11.1 Å². The summed E-state index contributed by atoms with van der Waals surface area (Å²) in [7, 11) is 0. The smallest absolute Gasteiger partial charge is 0.230 e. The van der Waals surface area contributed by atoms with Crippen LogP contribution in [0.5, 0.6) is 0 Å². The molecule has 3 atom stereocenters. The number of carbonyl (C=O) groups is 2. The Morgan fingerprint density at radius 3 is 1.98 bits per heavy atom. The number of hydrogen-bond acceptors (Lipinski definition) is 5. The number of hydrogen-bond donors (Lipinski definition) is 1. The molecule has 1 N–H and O–H groups in total. The number of carbonyl (C=O) groups excluding carboxylic acids is 2. The lowest BCUT2D eigenvalue weighted by atomic mass is 9.81. The molecule has 1 saturated carbocycles. The lowest BCUT2D eigenvalue weighted by Crippen LogP contribution is -2.44. The number of aliphatic imine (C=N–C) groups is 1. The van der Waals surface area contributed by atoms with E-state index in [2.05, 4.69) is 120 Å². The standard InChI is InChI=1S/C51H64N6O2/c1-5-35(6-2)48(40-14-10-9-11-15-40)51(59)56-30-12-16-46(56)44-32-42(33-52-44)38-20-18-36(19-21-38)37-22-24-39(25-23-37)45-34-53-49(54-45)47-17-13-31-57(47)50(58)41-26-28-43(29-27-41)55(7-3)8-4/h9-11,14-15,18-25,33-35,41,43,46-48H,5-8,12-13,16-17,26-32H2,1-4H3,(H,53,54)/t41?,43?,46-,47-,48+/m0/s1. The van der Waals surface area contributed by atoms with E-state index in [0.29, 0.717) is 17.9 Å². The van der Waals surface area contributed by atoms with E-state index < -0.39 is 0 Å². The quantitative estimate of drug-likeness (QED) is 0.138. The van der Waals surface area contributed by atoms with Crippen LogP contribution < -0.4 is 0 Å². The maximum Gasteiger partial charge on any atom is 0.230 e. The zero-order valence-corrected chi connectivity index (χ0v) is 35.8. The number of likely N-dealkylation sites (tertiary alicyclic amines) is 2. The summed E-state index contributed by atoms with van der Waals surface area (Å²) in [5.74, 6) is 1.84. The van der Waals surface area contributed by atoms with Crippen molar-refractivity contribution >= 4 is 23.1 Å². The van der Waals surface area contributed by atoms with E-state index >= 15 is 0 Å². The predicted octanol–water partition coefficient (Wildman–Crippen LogP) is 10.7. The number of aromatic nitrogens is 2. The van der Waals surface area contributed by atoms with Crippen LogP contribution in [0.25, 0.3) is 28.0 Å². The number of nitrogens with zero attached hydrogens (tertiary/aromatic N) is 5. The van der Waals surface area contributed by atoms with Crippen LogP contribution in [-0.4, -0.2) is 80.5 Å². The highest BCUT2D eigenvalue weighted by Gasteiger charge is 2.40. The van der Waals surface area contributed by atoms with Crippen molar-refractivity contribution in [3.63, 3.8) is 0 Å². The van der Waals surface area contributed by atoms with Crippen LogP contribution in [0.2, 0.25) is 0 Å². The molecule has 4 heterocycles. The second-order valence-electron chi connectivity index (χ2n) is 17.4. The number of rotatable bonds is 14. The van der Waals surface area contributed by atoms with Crippen molar-refractivity contribution in [3.05, 3.63) is 108 Å². The summed E-state index contributed by atoms with van der Waals surface area (Å²) in [5, 5.41) is 0. The molecule has 3 fully saturated rings. The van der Waals surface area contributed by atoms with Crippen LogP contribution in [-0.2, 0) is 9.59 Å². The third-order valence-electron chi connectivity index (χ3n) is 14.2. The first-order valence-corrected chi connectivity index (χ1v) is 22.8. The van der Waals surface area contributed by atoms with Gasteiger partial charge >= 0.3 is 0 Å². The van der Waals surface area contributed by atoms with Crippen molar-refractivity contribution in [1.82, 2.24) is 24.7 Å². The Morgan fingerprint density at radius 1 is 0.729 bits per heavy atom. The average Bonchev–Trinajstić information content (AvgIpc) is 4.14. The van der Waals surface area contributed by atoms with Crippen molar-refractivity contribution < 1.29 is 9.59 Å². The minimum Gasteiger partial charge on any atom is -0.340 e. The van der Waals surface area contributed by atoms with Gasteiger partial charge in [0.05, 0.1) is 29.9 Å². The summed E-state index contributed by atoms with van der Waals surface area (Å²) in [5.41, 5.74) is 9.03. The van der Waals surface area contributed by atoms with E-state index in [1.54, 1.807) is 0 Å². The highest BCUT2D eigenvalue weighted by Crippen LogP contribution is 2.39. The number of benzene rings is 3. The summed E-state index contributed by atoms with van der Waals surface area (Å²) in [6, 6.07) is 28.6. The van der Waals surface area contributed by atoms with Gasteiger partial charge in [-0.05, 0) is 104 Å². The lowest BCUT2D eigenvalue weighted by Gasteiger charge is -2.37. The third-order valence-corrected chi connectivity index (χ3v) is 14.2. The zero-order chi connectivity index (χ0) is 40.9. The second kappa shape index (κ2) is 18.6. The van der Waals surface area contributed by atoms with Gasteiger partial charge in [-0.1, -0.05) is 119 Å². The predicted molar refractivity (Wildman–Crippen MR) is 240 cm³/mol. The zero-order valence-electron chi connectivity index (χ0n) is 35.8. The molecule has 8 nitrogen and oxygen atoms in total. The summed E-state index contributed by atoms with van der Waals surface area (Å²) in [6.07, 6.45) is 14.9. The van der Waals surface area contributed by atoms with Crippen molar-refractivity contribution in [3.8, 4) is 22.4 Å². The fourth-order valence-corrected chi connectivity index (χ4v) is 10.8. The summed E-state index contributed by atoms with van der Waals surface area (Å²) in [4.78, 5) is 48.3. The van der Waals surface area contributed by atoms with Gasteiger partial charge in [0.25, 0.3) is 0 Å². The van der Waals surface area contributed by atoms with E-state index in [-0.39, 0.29) is 29.8 Å². The molecule has 1 aliphatic carbocycles. The molecular weight excluding hydrogens is 729 g/mol. The molecular formula is C51H64N6O2. The number of amides is 2. The van der Waals surface area contributed by atoms with Gasteiger partial charge in [0.15, 0.2) is 0 Å². The van der Waals surface area contributed by atoms with Crippen molar-refractivity contribution in [2.75, 3.05) is 26.2 Å². The van der Waals surface area contributed by atoms with Crippen molar-refractivity contribution in [1.29, 1.82) is 0 Å². The van der Waals surface area contributed by atoms with Gasteiger partial charge in [-0.3, -0.25) is 14.6 Å². The van der Waals surface area contributed by atoms with Gasteiger partial charge < -0.3 is 19.7 Å². The monoisotopic (exact) mass is 793 g/mol. The molecule has 2 amide bonds. The number of imidazole rings is 1. The first-order valence-electron chi connectivity index (χ1n) is 22.8. The van der Waals surface area contributed by atoms with E-state index in [9.17, 15) is 9.59 Å². The summed E-state index contributed by atoms with van der Waals surface area (Å²) < 4.78 is 0. The van der Waals surface area contributed by atoms with Crippen molar-refractivity contribution in [2.45, 2.75) is 122 Å². The first-order chi connectivity index (χ1) is 28.9. The molecule has 59 heavy (non-hydrogen) atoms. The molecule has 310 valence electrons. The fourth-order valence-electron chi connectivity index (χ4n) is 10.8. The molecule has 0 spiro atoms. The number of aromatic amines is 1. The lowest BCUT2D eigenvalue weighted by molar-refractivity contribution is -0.138. The minimum absolute atomic E-state index is 0.0249. The molecule has 2 saturated heterocycles. The highest BCUT2D eigenvalue weighted by molar-refractivity contribution is 6.03. The Balaban J connectivity index is 0.873. The Bertz CT molecular complexity index is 2090. The van der Waals surface area contributed by atoms with Crippen LogP contribution in [0.15, 0.2) is 96.3 Å². The molecule has 4 aliphatic rings. The largest absolute Gasteiger partial charge is 0.340 e. The average molecular weight is 793 g/mol. The van der Waals surface area contributed by atoms with Gasteiger partial charge in [0.1, 0.15) is 5.82 Å². The summed E-state index contributed by atoms with van der Waals surface area (Å²) >= 11 is 0. The van der Waals surface area contributed by atoms with E-state index in [0.717, 1.165) is 136 Å². The van der Waals surface area contributed by atoms with Gasteiger partial charge in [-0.2, -0.15) is 0 Å². The topological polar surface area (TPSA) is 84.9 Å². The molecule has 3 aromatic carbocycles. The van der Waals surface area contributed by atoms with Crippen molar-refractivity contribution in [2.24, 2.45) is 16.8 Å². The van der Waals surface area contributed by atoms with Gasteiger partial charge in [0.2, 0.25) is 11.8 Å². The molecule has 0 bridgehead atoms. The minimum atomic E-state index is -0.114. The van der Waals surface area contributed by atoms with Crippen LogP contribution >= 0.6 is 0 Å². The first kappa shape index (κ1) is 40.9. The Kier molecular flexibility index (Phi) is 12.9. The van der Waals surface area contributed by atoms with Crippen LogP contribution in [0.3, 0.4) is 0 Å².